The van der Waals surface area contributed by atoms with Gasteiger partial charge >= 0.3 is 29.6 Å². The molecule has 0 N–H and O–H groups in total. The van der Waals surface area contributed by atoms with E-state index >= 15 is 0 Å². The van der Waals surface area contributed by atoms with Crippen LogP contribution < -0.4 is 29.6 Å². The van der Waals surface area contributed by atoms with E-state index < -0.39 is 11.1 Å². The first-order chi connectivity index (χ1) is 3.80. The third-order valence-corrected chi connectivity index (χ3v) is 2.59. The zero-order chi connectivity index (χ0) is 5.98. The fourth-order valence-electron chi connectivity index (χ4n) is 1.08. The van der Waals surface area contributed by atoms with E-state index in [-0.39, 0.29) is 34.8 Å². The molecule has 1 fully saturated rings. The van der Waals surface area contributed by atoms with Crippen molar-refractivity contribution in [3.8, 4) is 0 Å². The summed E-state index contributed by atoms with van der Waals surface area (Å²) in [7, 11) is 0. The van der Waals surface area contributed by atoms with Crippen molar-refractivity contribution in [1.82, 2.24) is 0 Å². The average molecular weight is 156 g/mol. The molecule has 1 atom stereocenters. The van der Waals surface area contributed by atoms with Crippen LogP contribution in [0.5, 0.6) is 0 Å². The first-order valence-corrected chi connectivity index (χ1v) is 4.02. The summed E-state index contributed by atoms with van der Waals surface area (Å²) in [5.74, 6) is 0. The molecular formula is C5H9NaO2S. The second-order valence-electron chi connectivity index (χ2n) is 2.17. The molecule has 0 aromatic carbocycles. The molecule has 1 rings (SSSR count). The topological polar surface area (TPSA) is 40.1 Å². The van der Waals surface area contributed by atoms with E-state index in [0.717, 1.165) is 25.7 Å². The van der Waals surface area contributed by atoms with Crippen molar-refractivity contribution in [3.63, 3.8) is 0 Å². The molecular weight excluding hydrogens is 147 g/mol. The Morgan fingerprint density at radius 1 is 1.33 bits per heavy atom. The van der Waals surface area contributed by atoms with Crippen molar-refractivity contribution < 1.29 is 38.3 Å². The maximum Gasteiger partial charge on any atom is 1.00 e. The summed E-state index contributed by atoms with van der Waals surface area (Å²) in [6, 6.07) is 0. The molecule has 0 aliphatic heterocycles. The van der Waals surface area contributed by atoms with E-state index in [2.05, 4.69) is 0 Å². The van der Waals surface area contributed by atoms with Crippen molar-refractivity contribution in [3.05, 3.63) is 0 Å². The van der Waals surface area contributed by atoms with Gasteiger partial charge in [0.25, 0.3) is 0 Å². The van der Waals surface area contributed by atoms with Crippen molar-refractivity contribution in [1.29, 1.82) is 0 Å². The number of rotatable bonds is 1. The molecule has 48 valence electrons. The smallest absolute Gasteiger partial charge is 0.772 e. The van der Waals surface area contributed by atoms with Crippen molar-refractivity contribution in [2.24, 2.45) is 0 Å². The van der Waals surface area contributed by atoms with Crippen LogP contribution in [0, 0.1) is 0 Å². The van der Waals surface area contributed by atoms with Crippen LogP contribution in [0.2, 0.25) is 0 Å². The normalized spacial score (nSPS) is 23.2. The van der Waals surface area contributed by atoms with Gasteiger partial charge in [0.05, 0.1) is 0 Å². The van der Waals surface area contributed by atoms with Gasteiger partial charge in [-0.15, -0.1) is 0 Å². The number of hydrogen-bond donors (Lipinski definition) is 0. The minimum Gasteiger partial charge on any atom is -0.772 e. The predicted molar refractivity (Wildman–Crippen MR) is 31.2 cm³/mol. The molecule has 0 aromatic rings. The Kier molecular flexibility index (Phi) is 5.45. The van der Waals surface area contributed by atoms with E-state index in [1.54, 1.807) is 0 Å². The Bertz CT molecular complexity index is 101. The fourth-order valence-corrected chi connectivity index (χ4v) is 1.80. The fraction of sp³-hybridized carbons (Fsp3) is 1.00. The average Bonchev–Trinajstić information content (AvgIpc) is 2.12. The summed E-state index contributed by atoms with van der Waals surface area (Å²) in [4.78, 5) is 0. The summed E-state index contributed by atoms with van der Waals surface area (Å²) in [6.45, 7) is 0. The summed E-state index contributed by atoms with van der Waals surface area (Å²) in [5, 5.41) is -0.0185. The molecule has 1 aliphatic rings. The summed E-state index contributed by atoms with van der Waals surface area (Å²) < 4.78 is 20.4. The van der Waals surface area contributed by atoms with Crippen molar-refractivity contribution in [2.45, 2.75) is 30.9 Å². The van der Waals surface area contributed by atoms with Gasteiger partial charge in [-0.1, -0.05) is 23.9 Å². The maximum absolute atomic E-state index is 10.2. The van der Waals surface area contributed by atoms with Gasteiger partial charge in [-0.3, -0.25) is 4.21 Å². The SMILES string of the molecule is O=S([O-])C1CCCC1.[Na+]. The van der Waals surface area contributed by atoms with Gasteiger partial charge in [-0.25, -0.2) is 0 Å². The molecule has 0 aromatic heterocycles. The minimum absolute atomic E-state index is 0. The molecule has 2 nitrogen and oxygen atoms in total. The molecule has 1 saturated carbocycles. The molecule has 4 heteroatoms. The van der Waals surface area contributed by atoms with Crippen LogP contribution in [-0.2, 0) is 11.1 Å². The molecule has 1 aliphatic carbocycles. The van der Waals surface area contributed by atoms with Gasteiger partial charge in [0, 0.05) is 5.25 Å². The summed E-state index contributed by atoms with van der Waals surface area (Å²) in [5.41, 5.74) is 0. The second kappa shape index (κ2) is 4.85. The third kappa shape index (κ3) is 3.14. The Morgan fingerprint density at radius 3 is 2.00 bits per heavy atom. The molecule has 0 radical (unpaired) electrons. The quantitative estimate of drug-likeness (QED) is 0.320. The van der Waals surface area contributed by atoms with E-state index in [4.69, 9.17) is 0 Å². The Labute approximate surface area is 80.0 Å². The molecule has 0 saturated heterocycles. The van der Waals surface area contributed by atoms with Crippen LogP contribution in [0.25, 0.3) is 0 Å². The zero-order valence-electron chi connectivity index (χ0n) is 5.63. The van der Waals surface area contributed by atoms with E-state index in [9.17, 15) is 8.76 Å². The minimum atomic E-state index is -1.79. The van der Waals surface area contributed by atoms with Gasteiger partial charge in [0.2, 0.25) is 0 Å². The van der Waals surface area contributed by atoms with E-state index in [1.807, 2.05) is 0 Å². The van der Waals surface area contributed by atoms with Crippen LogP contribution in [0.15, 0.2) is 0 Å². The van der Waals surface area contributed by atoms with Crippen LogP contribution in [0.3, 0.4) is 0 Å². The van der Waals surface area contributed by atoms with Gasteiger partial charge in [0.15, 0.2) is 0 Å². The monoisotopic (exact) mass is 156 g/mol. The summed E-state index contributed by atoms with van der Waals surface area (Å²) in [6.07, 6.45) is 3.96. The standard InChI is InChI=1S/C5H10O2S.Na/c6-8(7)5-3-1-2-4-5;/h5H,1-4H2,(H,6,7);/q;+1/p-1. The summed E-state index contributed by atoms with van der Waals surface area (Å²) >= 11 is -1.79. The third-order valence-electron chi connectivity index (χ3n) is 1.57. The van der Waals surface area contributed by atoms with Crippen LogP contribution in [-0.4, -0.2) is 14.0 Å². The maximum atomic E-state index is 10.2. The van der Waals surface area contributed by atoms with Gasteiger partial charge in [-0.05, 0) is 12.8 Å². The second-order valence-corrected chi connectivity index (χ2v) is 3.35. The molecule has 9 heavy (non-hydrogen) atoms. The molecule has 0 amide bonds. The Hall–Kier alpha value is 1.11. The van der Waals surface area contributed by atoms with Gasteiger partial charge < -0.3 is 4.55 Å². The first kappa shape index (κ1) is 10.1. The first-order valence-electron chi connectivity index (χ1n) is 2.89. The van der Waals surface area contributed by atoms with Crippen molar-refractivity contribution >= 4 is 11.1 Å². The van der Waals surface area contributed by atoms with Crippen molar-refractivity contribution in [2.75, 3.05) is 0 Å². The van der Waals surface area contributed by atoms with Crippen LogP contribution in [0.1, 0.15) is 25.7 Å². The van der Waals surface area contributed by atoms with E-state index in [0.29, 0.717) is 0 Å². The largest absolute Gasteiger partial charge is 1.00 e. The molecule has 0 heterocycles. The Balaban J connectivity index is 0.000000640. The predicted octanol–water partition coefficient (Wildman–Crippen LogP) is -2.19. The number of hydrogen-bond acceptors (Lipinski definition) is 2. The van der Waals surface area contributed by atoms with Gasteiger partial charge in [-0.2, -0.15) is 0 Å². The van der Waals surface area contributed by atoms with Crippen LogP contribution in [0.4, 0.5) is 0 Å². The van der Waals surface area contributed by atoms with Gasteiger partial charge in [0.1, 0.15) is 0 Å². The Morgan fingerprint density at radius 2 is 1.78 bits per heavy atom. The molecule has 0 spiro atoms. The zero-order valence-corrected chi connectivity index (χ0v) is 8.45. The molecule has 1 unspecified atom stereocenters. The molecule has 0 bridgehead atoms. The van der Waals surface area contributed by atoms with E-state index in [1.165, 1.54) is 0 Å². The van der Waals surface area contributed by atoms with Crippen LogP contribution >= 0.6 is 0 Å².